The molecule has 0 aromatic carbocycles. The van der Waals surface area contributed by atoms with E-state index in [-0.39, 0.29) is 0 Å². The molecule has 4 heteroatoms. The summed E-state index contributed by atoms with van der Waals surface area (Å²) >= 11 is 7.97. The minimum absolute atomic E-state index is 0.441. The predicted molar refractivity (Wildman–Crippen MR) is 55.0 cm³/mol. The van der Waals surface area contributed by atoms with Crippen LogP contribution in [0.15, 0.2) is 6.20 Å². The maximum atomic E-state index is 5.84. The fourth-order valence-corrected chi connectivity index (χ4v) is 1.29. The molecule has 0 fully saturated rings. The number of hydrogen-bond donors (Lipinski definition) is 0. The zero-order chi connectivity index (χ0) is 8.43. The van der Waals surface area contributed by atoms with Crippen molar-refractivity contribution in [2.45, 2.75) is 26.3 Å². The molecule has 2 nitrogen and oxygen atoms in total. The van der Waals surface area contributed by atoms with Crippen molar-refractivity contribution in [2.24, 2.45) is 0 Å². The molecule has 0 radical (unpaired) electrons. The molecular formula is C7H10ClIN2. The normalized spacial score (nSPS) is 13.5. The van der Waals surface area contributed by atoms with E-state index in [1.807, 2.05) is 10.9 Å². The van der Waals surface area contributed by atoms with Crippen molar-refractivity contribution < 1.29 is 0 Å². The highest BCUT2D eigenvalue weighted by Gasteiger charge is 2.06. The molecule has 0 N–H and O–H groups in total. The van der Waals surface area contributed by atoms with E-state index in [0.29, 0.717) is 6.04 Å². The van der Waals surface area contributed by atoms with Crippen LogP contribution < -0.4 is 0 Å². The van der Waals surface area contributed by atoms with Crippen LogP contribution in [0.1, 0.15) is 26.3 Å². The van der Waals surface area contributed by atoms with Gasteiger partial charge in [0, 0.05) is 12.2 Å². The van der Waals surface area contributed by atoms with Gasteiger partial charge in [0.05, 0.1) is 5.02 Å². The van der Waals surface area contributed by atoms with Crippen LogP contribution in [0.5, 0.6) is 0 Å². The number of nitrogens with zero attached hydrogens (tertiary/aromatic N) is 2. The first-order valence-corrected chi connectivity index (χ1v) is 5.01. The van der Waals surface area contributed by atoms with Gasteiger partial charge in [-0.1, -0.05) is 18.5 Å². The van der Waals surface area contributed by atoms with Gasteiger partial charge in [0.25, 0.3) is 0 Å². The van der Waals surface area contributed by atoms with E-state index in [2.05, 4.69) is 41.5 Å². The summed E-state index contributed by atoms with van der Waals surface area (Å²) in [6.07, 6.45) is 2.95. The quantitative estimate of drug-likeness (QED) is 0.763. The summed E-state index contributed by atoms with van der Waals surface area (Å²) in [5.41, 5.74) is 0. The monoisotopic (exact) mass is 284 g/mol. The van der Waals surface area contributed by atoms with Crippen LogP contribution in [0, 0.1) is 3.70 Å². The molecule has 0 aliphatic rings. The van der Waals surface area contributed by atoms with Crippen LogP contribution in [0.4, 0.5) is 0 Å². The molecule has 0 bridgehead atoms. The molecule has 1 unspecified atom stereocenters. The lowest BCUT2D eigenvalue weighted by atomic mass is 10.3. The van der Waals surface area contributed by atoms with Gasteiger partial charge in [-0.15, -0.1) is 0 Å². The molecule has 0 saturated carbocycles. The predicted octanol–water partition coefficient (Wildman–Crippen LogP) is 3.11. The summed E-state index contributed by atoms with van der Waals surface area (Å²) in [6.45, 7) is 4.26. The SMILES string of the molecule is CCC(C)n1cc(Cl)c(I)n1. The van der Waals surface area contributed by atoms with E-state index in [1.54, 1.807) is 0 Å². The topological polar surface area (TPSA) is 17.8 Å². The minimum Gasteiger partial charge on any atom is -0.267 e. The van der Waals surface area contributed by atoms with Crippen molar-refractivity contribution in [3.8, 4) is 0 Å². The van der Waals surface area contributed by atoms with E-state index in [1.165, 1.54) is 0 Å². The largest absolute Gasteiger partial charge is 0.267 e. The molecule has 1 heterocycles. The Morgan fingerprint density at radius 1 is 1.82 bits per heavy atom. The molecule has 1 aromatic rings. The van der Waals surface area contributed by atoms with Gasteiger partial charge in [0.2, 0.25) is 0 Å². The lowest BCUT2D eigenvalue weighted by Crippen LogP contribution is -2.03. The molecule has 0 aliphatic carbocycles. The molecular weight excluding hydrogens is 274 g/mol. The van der Waals surface area contributed by atoms with Gasteiger partial charge in [-0.25, -0.2) is 0 Å². The van der Waals surface area contributed by atoms with Crippen molar-refractivity contribution in [1.82, 2.24) is 9.78 Å². The Kier molecular flexibility index (Phi) is 3.18. The van der Waals surface area contributed by atoms with E-state index >= 15 is 0 Å². The van der Waals surface area contributed by atoms with Gasteiger partial charge in [0.1, 0.15) is 3.70 Å². The molecule has 1 rings (SSSR count). The van der Waals surface area contributed by atoms with Crippen molar-refractivity contribution >= 4 is 34.2 Å². The lowest BCUT2D eigenvalue weighted by molar-refractivity contribution is 0.476. The lowest BCUT2D eigenvalue weighted by Gasteiger charge is -2.07. The van der Waals surface area contributed by atoms with Crippen molar-refractivity contribution in [3.63, 3.8) is 0 Å². The average Bonchev–Trinajstić information content (AvgIpc) is 2.31. The zero-order valence-electron chi connectivity index (χ0n) is 6.51. The van der Waals surface area contributed by atoms with Crippen LogP contribution in [0.3, 0.4) is 0 Å². The first-order chi connectivity index (χ1) is 5.15. The molecule has 1 atom stereocenters. The molecule has 0 saturated heterocycles. The molecule has 0 aliphatic heterocycles. The van der Waals surface area contributed by atoms with Gasteiger partial charge < -0.3 is 0 Å². The third-order valence-corrected chi connectivity index (χ3v) is 3.08. The summed E-state index contributed by atoms with van der Waals surface area (Å²) in [7, 11) is 0. The van der Waals surface area contributed by atoms with Gasteiger partial charge >= 0.3 is 0 Å². The summed E-state index contributed by atoms with van der Waals surface area (Å²) < 4.78 is 2.79. The van der Waals surface area contributed by atoms with Crippen LogP contribution in [-0.2, 0) is 0 Å². The average molecular weight is 285 g/mol. The Hall–Kier alpha value is 0.230. The van der Waals surface area contributed by atoms with E-state index in [9.17, 15) is 0 Å². The summed E-state index contributed by atoms with van der Waals surface area (Å²) in [5, 5.41) is 4.99. The zero-order valence-corrected chi connectivity index (χ0v) is 9.43. The Balaban J connectivity index is 2.88. The second-order valence-electron chi connectivity index (χ2n) is 2.51. The number of halogens is 2. The third-order valence-electron chi connectivity index (χ3n) is 1.69. The van der Waals surface area contributed by atoms with Crippen molar-refractivity contribution in [1.29, 1.82) is 0 Å². The molecule has 1 aromatic heterocycles. The first kappa shape index (κ1) is 9.32. The standard InChI is InChI=1S/C7H10ClIN2/c1-3-5(2)11-4-6(8)7(9)10-11/h4-5H,3H2,1-2H3. The van der Waals surface area contributed by atoms with Gasteiger partial charge in [-0.3, -0.25) is 4.68 Å². The number of rotatable bonds is 2. The van der Waals surface area contributed by atoms with Gasteiger partial charge in [-0.05, 0) is 35.9 Å². The fourth-order valence-electron chi connectivity index (χ4n) is 0.760. The van der Waals surface area contributed by atoms with Crippen LogP contribution in [0.25, 0.3) is 0 Å². The minimum atomic E-state index is 0.441. The highest BCUT2D eigenvalue weighted by molar-refractivity contribution is 14.1. The fraction of sp³-hybridized carbons (Fsp3) is 0.571. The third kappa shape index (κ3) is 2.08. The molecule has 11 heavy (non-hydrogen) atoms. The van der Waals surface area contributed by atoms with Gasteiger partial charge in [-0.2, -0.15) is 5.10 Å². The second-order valence-corrected chi connectivity index (χ2v) is 3.93. The number of hydrogen-bond acceptors (Lipinski definition) is 1. The Labute approximate surface area is 85.1 Å². The molecule has 0 spiro atoms. The van der Waals surface area contributed by atoms with Crippen molar-refractivity contribution in [2.75, 3.05) is 0 Å². The molecule has 0 amide bonds. The van der Waals surface area contributed by atoms with E-state index in [4.69, 9.17) is 11.6 Å². The summed E-state index contributed by atoms with van der Waals surface area (Å²) in [4.78, 5) is 0. The summed E-state index contributed by atoms with van der Waals surface area (Å²) in [6, 6.07) is 0.441. The smallest absolute Gasteiger partial charge is 0.141 e. The Morgan fingerprint density at radius 3 is 2.82 bits per heavy atom. The Bertz CT molecular complexity index is 227. The molecule has 62 valence electrons. The van der Waals surface area contributed by atoms with E-state index < -0.39 is 0 Å². The number of aromatic nitrogens is 2. The highest BCUT2D eigenvalue weighted by Crippen LogP contribution is 2.19. The van der Waals surface area contributed by atoms with Crippen LogP contribution in [0.2, 0.25) is 5.02 Å². The second kappa shape index (κ2) is 3.76. The maximum Gasteiger partial charge on any atom is 0.141 e. The van der Waals surface area contributed by atoms with Crippen molar-refractivity contribution in [3.05, 3.63) is 14.9 Å². The van der Waals surface area contributed by atoms with Crippen LogP contribution in [-0.4, -0.2) is 9.78 Å². The first-order valence-electron chi connectivity index (χ1n) is 3.55. The Morgan fingerprint density at radius 2 is 2.45 bits per heavy atom. The summed E-state index contributed by atoms with van der Waals surface area (Å²) in [5.74, 6) is 0. The van der Waals surface area contributed by atoms with E-state index in [0.717, 1.165) is 15.1 Å². The maximum absolute atomic E-state index is 5.84. The van der Waals surface area contributed by atoms with Crippen LogP contribution >= 0.6 is 34.2 Å². The van der Waals surface area contributed by atoms with Gasteiger partial charge in [0.15, 0.2) is 0 Å². The highest BCUT2D eigenvalue weighted by atomic mass is 127.